The zero-order valence-electron chi connectivity index (χ0n) is 11.0. The van der Waals surface area contributed by atoms with Crippen LogP contribution in [-0.2, 0) is 9.47 Å². The van der Waals surface area contributed by atoms with E-state index in [9.17, 15) is 0 Å². The van der Waals surface area contributed by atoms with Gasteiger partial charge in [-0.05, 0) is 27.2 Å². The second-order valence-electron chi connectivity index (χ2n) is 5.01. The monoisotopic (exact) mass is 233 g/mol. The van der Waals surface area contributed by atoms with Crippen LogP contribution in [0.1, 0.15) is 40.5 Å². The molecule has 0 amide bonds. The third-order valence-corrected chi connectivity index (χ3v) is 2.23. The number of rotatable bonds is 8. The maximum atomic E-state index is 9.14. The standard InChI is InChI=1S/C12H27NO3/c1-5-6-10(13)11(9-14)15-7-8-16-12(2,3)4/h10-11,14H,5-9,13H2,1-4H3. The molecule has 3 N–H and O–H groups in total. The highest BCUT2D eigenvalue weighted by atomic mass is 16.5. The Morgan fingerprint density at radius 2 is 1.88 bits per heavy atom. The maximum Gasteiger partial charge on any atom is 0.0957 e. The van der Waals surface area contributed by atoms with E-state index < -0.39 is 0 Å². The molecule has 0 rings (SSSR count). The summed E-state index contributed by atoms with van der Waals surface area (Å²) in [6, 6.07) is -0.0929. The molecule has 0 aromatic heterocycles. The molecule has 0 aromatic carbocycles. The van der Waals surface area contributed by atoms with Gasteiger partial charge in [-0.15, -0.1) is 0 Å². The van der Waals surface area contributed by atoms with E-state index in [-0.39, 0.29) is 24.4 Å². The Morgan fingerprint density at radius 1 is 1.25 bits per heavy atom. The molecule has 4 heteroatoms. The van der Waals surface area contributed by atoms with Crippen molar-refractivity contribution < 1.29 is 14.6 Å². The summed E-state index contributed by atoms with van der Waals surface area (Å²) in [6.45, 7) is 9.03. The van der Waals surface area contributed by atoms with Crippen LogP contribution in [0.2, 0.25) is 0 Å². The van der Waals surface area contributed by atoms with E-state index in [2.05, 4.69) is 6.92 Å². The van der Waals surface area contributed by atoms with Crippen molar-refractivity contribution in [2.75, 3.05) is 19.8 Å². The number of hydrogen-bond acceptors (Lipinski definition) is 4. The van der Waals surface area contributed by atoms with Crippen LogP contribution in [-0.4, -0.2) is 42.7 Å². The Hall–Kier alpha value is -0.160. The van der Waals surface area contributed by atoms with Gasteiger partial charge in [0, 0.05) is 6.04 Å². The van der Waals surface area contributed by atoms with Gasteiger partial charge >= 0.3 is 0 Å². The van der Waals surface area contributed by atoms with Crippen molar-refractivity contribution in [3.63, 3.8) is 0 Å². The number of ether oxygens (including phenoxy) is 2. The predicted molar refractivity (Wildman–Crippen MR) is 65.4 cm³/mol. The van der Waals surface area contributed by atoms with Crippen LogP contribution in [0, 0.1) is 0 Å². The van der Waals surface area contributed by atoms with Crippen molar-refractivity contribution in [2.45, 2.75) is 58.3 Å². The van der Waals surface area contributed by atoms with Gasteiger partial charge in [0.15, 0.2) is 0 Å². The number of aliphatic hydroxyl groups excluding tert-OH is 1. The molecule has 0 fully saturated rings. The molecule has 0 aromatic rings. The number of nitrogens with two attached hydrogens (primary N) is 1. The third-order valence-electron chi connectivity index (χ3n) is 2.23. The maximum absolute atomic E-state index is 9.14. The van der Waals surface area contributed by atoms with E-state index in [1.807, 2.05) is 20.8 Å². The average Bonchev–Trinajstić information content (AvgIpc) is 2.16. The summed E-state index contributed by atoms with van der Waals surface area (Å²) in [4.78, 5) is 0. The van der Waals surface area contributed by atoms with E-state index in [1.165, 1.54) is 0 Å². The predicted octanol–water partition coefficient (Wildman–Crippen LogP) is 1.31. The molecule has 0 aliphatic rings. The zero-order chi connectivity index (χ0) is 12.6. The molecule has 2 atom stereocenters. The van der Waals surface area contributed by atoms with Crippen LogP contribution in [0.4, 0.5) is 0 Å². The van der Waals surface area contributed by atoms with Crippen LogP contribution in [0.25, 0.3) is 0 Å². The molecule has 0 heterocycles. The summed E-state index contributed by atoms with van der Waals surface area (Å²) in [6.07, 6.45) is 1.59. The normalized spacial score (nSPS) is 16.1. The minimum absolute atomic E-state index is 0.0311. The van der Waals surface area contributed by atoms with E-state index in [1.54, 1.807) is 0 Å². The van der Waals surface area contributed by atoms with Gasteiger partial charge in [-0.2, -0.15) is 0 Å². The van der Waals surface area contributed by atoms with Crippen LogP contribution < -0.4 is 5.73 Å². The highest BCUT2D eigenvalue weighted by Crippen LogP contribution is 2.07. The first-order chi connectivity index (χ1) is 7.40. The second kappa shape index (κ2) is 8.01. The fourth-order valence-corrected chi connectivity index (χ4v) is 1.38. The van der Waals surface area contributed by atoms with Gasteiger partial charge < -0.3 is 20.3 Å². The molecule has 0 aliphatic heterocycles. The summed E-state index contributed by atoms with van der Waals surface area (Å²) in [5.41, 5.74) is 5.73. The van der Waals surface area contributed by atoms with Gasteiger partial charge in [-0.3, -0.25) is 0 Å². The van der Waals surface area contributed by atoms with Crippen molar-refractivity contribution in [1.29, 1.82) is 0 Å². The summed E-state index contributed by atoms with van der Waals surface area (Å²) >= 11 is 0. The quantitative estimate of drug-likeness (QED) is 0.620. The Morgan fingerprint density at radius 3 is 2.31 bits per heavy atom. The molecule has 0 saturated carbocycles. The first-order valence-electron chi connectivity index (χ1n) is 6.02. The Balaban J connectivity index is 3.71. The summed E-state index contributed by atoms with van der Waals surface area (Å²) in [5, 5.41) is 9.14. The summed E-state index contributed by atoms with van der Waals surface area (Å²) in [7, 11) is 0. The molecule has 4 nitrogen and oxygen atoms in total. The highest BCUT2D eigenvalue weighted by molar-refractivity contribution is 4.72. The lowest BCUT2D eigenvalue weighted by Crippen LogP contribution is -2.40. The molecule has 98 valence electrons. The van der Waals surface area contributed by atoms with Gasteiger partial charge in [0.2, 0.25) is 0 Å². The minimum Gasteiger partial charge on any atom is -0.394 e. The van der Waals surface area contributed by atoms with Crippen molar-refractivity contribution >= 4 is 0 Å². The SMILES string of the molecule is CCCC(N)C(CO)OCCOC(C)(C)C. The van der Waals surface area contributed by atoms with Gasteiger partial charge in [-0.1, -0.05) is 13.3 Å². The Bertz CT molecular complexity index is 168. The zero-order valence-corrected chi connectivity index (χ0v) is 11.0. The largest absolute Gasteiger partial charge is 0.394 e. The number of aliphatic hydroxyl groups is 1. The molecule has 0 aliphatic carbocycles. The lowest BCUT2D eigenvalue weighted by Gasteiger charge is -2.24. The molecular formula is C12H27NO3. The first kappa shape index (κ1) is 15.8. The molecule has 0 bridgehead atoms. The van der Waals surface area contributed by atoms with Crippen molar-refractivity contribution in [3.05, 3.63) is 0 Å². The second-order valence-corrected chi connectivity index (χ2v) is 5.01. The lowest BCUT2D eigenvalue weighted by molar-refractivity contribution is -0.0669. The van der Waals surface area contributed by atoms with Crippen molar-refractivity contribution in [1.82, 2.24) is 0 Å². The fourth-order valence-electron chi connectivity index (χ4n) is 1.38. The first-order valence-corrected chi connectivity index (χ1v) is 6.02. The molecule has 0 saturated heterocycles. The van der Waals surface area contributed by atoms with E-state index in [4.69, 9.17) is 20.3 Å². The van der Waals surface area contributed by atoms with Crippen molar-refractivity contribution in [3.8, 4) is 0 Å². The van der Waals surface area contributed by atoms with Crippen LogP contribution in [0.15, 0.2) is 0 Å². The number of hydrogen-bond donors (Lipinski definition) is 2. The van der Waals surface area contributed by atoms with Gasteiger partial charge in [0.25, 0.3) is 0 Å². The average molecular weight is 233 g/mol. The van der Waals surface area contributed by atoms with Crippen LogP contribution >= 0.6 is 0 Å². The van der Waals surface area contributed by atoms with Crippen molar-refractivity contribution in [2.24, 2.45) is 5.73 Å². The Kier molecular flexibility index (Phi) is 7.93. The van der Waals surface area contributed by atoms with Crippen LogP contribution in [0.5, 0.6) is 0 Å². The fraction of sp³-hybridized carbons (Fsp3) is 1.00. The Labute approximate surface area is 99.1 Å². The molecule has 2 unspecified atom stereocenters. The molecule has 0 radical (unpaired) electrons. The van der Waals surface area contributed by atoms with Gasteiger partial charge in [-0.25, -0.2) is 0 Å². The lowest BCUT2D eigenvalue weighted by atomic mass is 10.1. The summed E-state index contributed by atoms with van der Waals surface area (Å²) in [5.74, 6) is 0. The minimum atomic E-state index is -0.275. The molecule has 0 spiro atoms. The summed E-state index contributed by atoms with van der Waals surface area (Å²) < 4.78 is 11.0. The van der Waals surface area contributed by atoms with E-state index in [0.29, 0.717) is 13.2 Å². The molecular weight excluding hydrogens is 206 g/mol. The van der Waals surface area contributed by atoms with E-state index >= 15 is 0 Å². The smallest absolute Gasteiger partial charge is 0.0957 e. The van der Waals surface area contributed by atoms with Gasteiger partial charge in [0.1, 0.15) is 0 Å². The molecule has 16 heavy (non-hydrogen) atoms. The third kappa shape index (κ3) is 8.05. The topological polar surface area (TPSA) is 64.7 Å². The van der Waals surface area contributed by atoms with E-state index in [0.717, 1.165) is 12.8 Å². The van der Waals surface area contributed by atoms with Crippen LogP contribution in [0.3, 0.4) is 0 Å². The highest BCUT2D eigenvalue weighted by Gasteiger charge is 2.17. The van der Waals surface area contributed by atoms with Gasteiger partial charge in [0.05, 0.1) is 31.5 Å².